The Kier molecular flexibility index (Phi) is 5.87. The highest BCUT2D eigenvalue weighted by Crippen LogP contribution is 2.38. The van der Waals surface area contributed by atoms with E-state index in [-0.39, 0.29) is 11.9 Å². The van der Waals surface area contributed by atoms with Crippen LogP contribution in [0.4, 0.5) is 0 Å². The lowest BCUT2D eigenvalue weighted by Crippen LogP contribution is -2.27. The fraction of sp³-hybridized carbons (Fsp3) is 0.115. The summed E-state index contributed by atoms with van der Waals surface area (Å²) in [5.41, 5.74) is 3.84. The number of ether oxygens (including phenoxy) is 1. The summed E-state index contributed by atoms with van der Waals surface area (Å²) < 4.78 is 6.29. The molecule has 0 saturated heterocycles. The van der Waals surface area contributed by atoms with E-state index in [0.717, 1.165) is 32.2 Å². The van der Waals surface area contributed by atoms with Gasteiger partial charge in [-0.15, -0.1) is 0 Å². The molecule has 1 amide bonds. The number of hydrazone groups is 1. The molecule has 1 aliphatic rings. The summed E-state index contributed by atoms with van der Waals surface area (Å²) in [6, 6.07) is 24.3. The van der Waals surface area contributed by atoms with Crippen molar-refractivity contribution in [2.45, 2.75) is 12.5 Å². The molecule has 0 fully saturated rings. The second-order valence-electron chi connectivity index (χ2n) is 7.72. The Labute approximate surface area is 204 Å². The Morgan fingerprint density at radius 2 is 1.82 bits per heavy atom. The Balaban J connectivity index is 1.59. The summed E-state index contributed by atoms with van der Waals surface area (Å²) in [6.07, 6.45) is 0.531. The van der Waals surface area contributed by atoms with Gasteiger partial charge in [-0.1, -0.05) is 57.9 Å². The number of aromatic nitrogens is 1. The molecule has 3 aromatic carbocycles. The molecule has 1 atom stereocenters. The third-order valence-corrected chi connectivity index (χ3v) is 6.51. The number of carbonyl (C=O) groups excluding carboxylic acids is 1. The highest BCUT2D eigenvalue weighted by Gasteiger charge is 2.35. The van der Waals surface area contributed by atoms with Crippen molar-refractivity contribution in [2.24, 2.45) is 5.10 Å². The van der Waals surface area contributed by atoms with Gasteiger partial charge in [0.2, 0.25) is 0 Å². The number of fused-ring (bicyclic) bond motifs is 1. The van der Waals surface area contributed by atoms with E-state index in [1.54, 1.807) is 19.2 Å². The first-order chi connectivity index (χ1) is 16.0. The molecule has 4 aromatic rings. The highest BCUT2D eigenvalue weighted by atomic mass is 79.9. The van der Waals surface area contributed by atoms with Gasteiger partial charge in [0.25, 0.3) is 5.91 Å². The average Bonchev–Trinajstić information content (AvgIpc) is 3.29. The van der Waals surface area contributed by atoms with Crippen LogP contribution in [0.3, 0.4) is 0 Å². The maximum atomic E-state index is 13.5. The average molecular weight is 521 g/mol. The van der Waals surface area contributed by atoms with Gasteiger partial charge in [-0.3, -0.25) is 4.79 Å². The van der Waals surface area contributed by atoms with Gasteiger partial charge in [-0.25, -0.2) is 9.99 Å². The molecule has 5 nitrogen and oxygen atoms in total. The fourth-order valence-electron chi connectivity index (χ4n) is 3.97. The monoisotopic (exact) mass is 519 g/mol. The molecule has 1 aliphatic heterocycles. The van der Waals surface area contributed by atoms with Crippen molar-refractivity contribution >= 4 is 50.1 Å². The zero-order valence-electron chi connectivity index (χ0n) is 17.7. The largest absolute Gasteiger partial charge is 0.497 e. The van der Waals surface area contributed by atoms with Crippen molar-refractivity contribution in [3.8, 4) is 5.75 Å². The Morgan fingerprint density at radius 1 is 1.06 bits per heavy atom. The zero-order chi connectivity index (χ0) is 22.9. The lowest BCUT2D eigenvalue weighted by atomic mass is 9.98. The lowest BCUT2D eigenvalue weighted by Gasteiger charge is -2.23. The molecule has 0 aliphatic carbocycles. The Hall–Kier alpha value is -3.22. The fourth-order valence-corrected chi connectivity index (χ4v) is 4.51. The van der Waals surface area contributed by atoms with E-state index in [2.05, 4.69) is 20.9 Å². The summed E-state index contributed by atoms with van der Waals surface area (Å²) in [7, 11) is 1.61. The van der Waals surface area contributed by atoms with Crippen LogP contribution in [0.1, 0.15) is 33.9 Å². The van der Waals surface area contributed by atoms with Crippen molar-refractivity contribution in [1.82, 2.24) is 9.99 Å². The second-order valence-corrected chi connectivity index (χ2v) is 8.99. The molecule has 0 bridgehead atoms. The number of pyridine rings is 1. The van der Waals surface area contributed by atoms with Crippen LogP contribution >= 0.6 is 27.5 Å². The first-order valence-corrected chi connectivity index (χ1v) is 11.6. The van der Waals surface area contributed by atoms with Gasteiger partial charge in [0.15, 0.2) is 0 Å². The van der Waals surface area contributed by atoms with Crippen LogP contribution in [0.25, 0.3) is 10.9 Å². The molecule has 1 unspecified atom stereocenters. The summed E-state index contributed by atoms with van der Waals surface area (Å²) in [5.74, 6) is 0.528. The van der Waals surface area contributed by atoms with Gasteiger partial charge in [-0.2, -0.15) is 5.10 Å². The van der Waals surface area contributed by atoms with Gasteiger partial charge >= 0.3 is 0 Å². The lowest BCUT2D eigenvalue weighted by molar-refractivity contribution is 0.0711. The number of benzene rings is 3. The molecule has 5 rings (SSSR count). The van der Waals surface area contributed by atoms with E-state index in [1.165, 1.54) is 5.01 Å². The van der Waals surface area contributed by atoms with Crippen molar-refractivity contribution in [2.75, 3.05) is 7.11 Å². The predicted molar refractivity (Wildman–Crippen MR) is 134 cm³/mol. The molecule has 7 heteroatoms. The SMILES string of the molecule is COc1ccc2cc(C3CC(c4ccc(Br)cc4)=NN3C(=O)c3ccccc3)c(Cl)nc2c1. The number of methoxy groups -OCH3 is 1. The second kappa shape index (κ2) is 8.96. The number of halogens is 2. The van der Waals surface area contributed by atoms with Gasteiger partial charge in [0.1, 0.15) is 10.9 Å². The van der Waals surface area contributed by atoms with Crippen LogP contribution in [0.15, 0.2) is 88.4 Å². The minimum absolute atomic E-state index is 0.182. The summed E-state index contributed by atoms with van der Waals surface area (Å²) >= 11 is 10.1. The Morgan fingerprint density at radius 3 is 2.55 bits per heavy atom. The molecule has 33 heavy (non-hydrogen) atoms. The third kappa shape index (κ3) is 4.24. The maximum absolute atomic E-state index is 13.5. The van der Waals surface area contributed by atoms with Gasteiger partial charge in [-0.05, 0) is 48.0 Å². The van der Waals surface area contributed by atoms with Crippen molar-refractivity contribution in [1.29, 1.82) is 0 Å². The molecular formula is C26H19BrClN3O2. The minimum atomic E-state index is -0.372. The van der Waals surface area contributed by atoms with Crippen LogP contribution in [0, 0.1) is 0 Å². The smallest absolute Gasteiger partial charge is 0.274 e. The van der Waals surface area contributed by atoms with Crippen molar-refractivity contribution in [3.63, 3.8) is 0 Å². The normalized spacial score (nSPS) is 15.5. The van der Waals surface area contributed by atoms with Crippen molar-refractivity contribution < 1.29 is 9.53 Å². The third-order valence-electron chi connectivity index (χ3n) is 5.68. The Bertz CT molecular complexity index is 1370. The van der Waals surface area contributed by atoms with E-state index < -0.39 is 0 Å². The van der Waals surface area contributed by atoms with Crippen LogP contribution in [0.5, 0.6) is 5.75 Å². The molecule has 0 N–H and O–H groups in total. The molecule has 2 heterocycles. The first kappa shape index (κ1) is 21.6. The van der Waals surface area contributed by atoms with E-state index in [1.807, 2.05) is 66.7 Å². The molecule has 0 radical (unpaired) electrons. The highest BCUT2D eigenvalue weighted by molar-refractivity contribution is 9.10. The van der Waals surface area contributed by atoms with Crippen LogP contribution in [-0.4, -0.2) is 28.7 Å². The number of hydrogen-bond donors (Lipinski definition) is 0. The molecule has 0 spiro atoms. The van der Waals surface area contributed by atoms with E-state index in [0.29, 0.717) is 22.9 Å². The first-order valence-electron chi connectivity index (χ1n) is 10.4. The number of carbonyl (C=O) groups is 1. The summed E-state index contributed by atoms with van der Waals surface area (Å²) in [4.78, 5) is 18.0. The number of rotatable bonds is 4. The maximum Gasteiger partial charge on any atom is 0.274 e. The zero-order valence-corrected chi connectivity index (χ0v) is 20.0. The quantitative estimate of drug-likeness (QED) is 0.283. The van der Waals surface area contributed by atoms with Crippen LogP contribution < -0.4 is 4.74 Å². The van der Waals surface area contributed by atoms with Gasteiger partial charge in [0, 0.05) is 33.5 Å². The van der Waals surface area contributed by atoms with E-state index >= 15 is 0 Å². The van der Waals surface area contributed by atoms with Gasteiger partial charge < -0.3 is 4.74 Å². The number of amides is 1. The summed E-state index contributed by atoms with van der Waals surface area (Å²) in [5, 5.41) is 7.54. The van der Waals surface area contributed by atoms with Crippen LogP contribution in [0.2, 0.25) is 5.15 Å². The topological polar surface area (TPSA) is 54.8 Å². The molecule has 0 saturated carbocycles. The standard InChI is InChI=1S/C26H19BrClN3O2/c1-33-20-12-9-18-13-21(25(28)29-22(18)14-20)24-15-23(16-7-10-19(27)11-8-16)30-31(24)26(32)17-5-3-2-4-6-17/h2-14,24H,15H2,1H3. The molecule has 1 aromatic heterocycles. The van der Waals surface area contributed by atoms with Crippen LogP contribution in [-0.2, 0) is 0 Å². The van der Waals surface area contributed by atoms with E-state index in [9.17, 15) is 4.79 Å². The predicted octanol–water partition coefficient (Wildman–Crippen LogP) is 6.65. The number of nitrogens with zero attached hydrogens (tertiary/aromatic N) is 3. The summed E-state index contributed by atoms with van der Waals surface area (Å²) in [6.45, 7) is 0. The number of hydrogen-bond acceptors (Lipinski definition) is 4. The minimum Gasteiger partial charge on any atom is -0.497 e. The van der Waals surface area contributed by atoms with E-state index in [4.69, 9.17) is 21.4 Å². The van der Waals surface area contributed by atoms with Crippen molar-refractivity contribution in [3.05, 3.63) is 105 Å². The van der Waals surface area contributed by atoms with Gasteiger partial charge in [0.05, 0.1) is 24.4 Å². The molecular weight excluding hydrogens is 502 g/mol. The molecule has 164 valence electrons.